The van der Waals surface area contributed by atoms with E-state index in [9.17, 15) is 35.9 Å². The smallest absolute Gasteiger partial charge is 0.416 e. The minimum Gasteiger partial charge on any atom is -0.543 e. The lowest BCUT2D eigenvalue weighted by Crippen LogP contribution is -2.54. The summed E-state index contributed by atoms with van der Waals surface area (Å²) in [6, 6.07) is 5.13. The molecule has 13 heteroatoms. The lowest BCUT2D eigenvalue weighted by molar-refractivity contribution is -0.143. The van der Waals surface area contributed by atoms with Crippen molar-refractivity contribution in [2.24, 2.45) is 0 Å². The number of ether oxygens (including phenoxy) is 1. The first-order valence-electron chi connectivity index (χ1n) is 13.0. The number of nitrogens with zero attached hydrogens (tertiary/aromatic N) is 1. The topological polar surface area (TPSA) is 67.9 Å². The predicted molar refractivity (Wildman–Crippen MR) is 143 cm³/mol. The first-order valence-corrected chi connectivity index (χ1v) is 15.9. The molecule has 3 rings (SSSR count). The molecule has 0 unspecified atom stereocenters. The highest BCUT2D eigenvalue weighted by molar-refractivity contribution is 6.74. The van der Waals surface area contributed by atoms with Crippen molar-refractivity contribution < 1.29 is 45.1 Å². The van der Waals surface area contributed by atoms with Gasteiger partial charge < -0.3 is 19.4 Å². The third kappa shape index (κ3) is 7.42. The molecule has 1 atom stereocenters. The SMILES string of the molecule is COC(=O)c1cccc(C[C@@H]2CNCCN2C(=O)c2cc(C(F)(F)F)cc(C(F)(F)F)c2)c1O[Si](C)(C)C(C)(C)C. The van der Waals surface area contributed by atoms with E-state index in [1.807, 2.05) is 33.9 Å². The van der Waals surface area contributed by atoms with Gasteiger partial charge in [-0.05, 0) is 54.4 Å². The van der Waals surface area contributed by atoms with E-state index in [0.29, 0.717) is 30.0 Å². The van der Waals surface area contributed by atoms with E-state index >= 15 is 0 Å². The Morgan fingerprint density at radius 2 is 1.59 bits per heavy atom. The lowest BCUT2D eigenvalue weighted by Gasteiger charge is -2.39. The van der Waals surface area contributed by atoms with Gasteiger partial charge in [-0.25, -0.2) is 4.79 Å². The summed E-state index contributed by atoms with van der Waals surface area (Å²) in [6.45, 7) is 10.6. The zero-order chi connectivity index (χ0) is 31.0. The van der Waals surface area contributed by atoms with Crippen molar-refractivity contribution >= 4 is 20.2 Å². The number of nitrogens with one attached hydrogen (secondary N) is 1. The number of benzene rings is 2. The van der Waals surface area contributed by atoms with Crippen molar-refractivity contribution in [3.63, 3.8) is 0 Å². The molecule has 0 saturated carbocycles. The van der Waals surface area contributed by atoms with Gasteiger partial charge in [0.15, 0.2) is 0 Å². The maximum absolute atomic E-state index is 13.5. The van der Waals surface area contributed by atoms with E-state index in [0.717, 1.165) is 0 Å². The molecular weight excluding hydrogens is 570 g/mol. The number of para-hydroxylation sites is 1. The highest BCUT2D eigenvalue weighted by atomic mass is 28.4. The van der Waals surface area contributed by atoms with E-state index in [-0.39, 0.29) is 36.2 Å². The third-order valence-corrected chi connectivity index (χ3v) is 11.9. The molecule has 0 aromatic heterocycles. The summed E-state index contributed by atoms with van der Waals surface area (Å²) in [6.07, 6.45) is -10.0. The van der Waals surface area contributed by atoms with Gasteiger partial charge in [-0.1, -0.05) is 32.9 Å². The van der Waals surface area contributed by atoms with E-state index < -0.39 is 55.3 Å². The largest absolute Gasteiger partial charge is 0.543 e. The monoisotopic (exact) mass is 604 g/mol. The van der Waals surface area contributed by atoms with Crippen LogP contribution in [0.5, 0.6) is 5.75 Å². The average Bonchev–Trinajstić information content (AvgIpc) is 2.87. The van der Waals surface area contributed by atoms with Crippen LogP contribution in [0.2, 0.25) is 18.1 Å². The molecule has 0 aliphatic carbocycles. The minimum atomic E-state index is -5.08. The quantitative estimate of drug-likeness (QED) is 0.230. The summed E-state index contributed by atoms with van der Waals surface area (Å²) in [4.78, 5) is 27.4. The first-order chi connectivity index (χ1) is 18.8. The summed E-state index contributed by atoms with van der Waals surface area (Å²) >= 11 is 0. The maximum atomic E-state index is 13.5. The van der Waals surface area contributed by atoms with Gasteiger partial charge >= 0.3 is 18.3 Å². The van der Waals surface area contributed by atoms with Gasteiger partial charge in [0, 0.05) is 31.2 Å². The second-order valence-corrected chi connectivity index (χ2v) is 16.2. The number of halogens is 6. The number of carbonyl (C=O) groups excluding carboxylic acids is 2. The number of alkyl halides is 6. The second-order valence-electron chi connectivity index (χ2n) is 11.5. The summed E-state index contributed by atoms with van der Waals surface area (Å²) in [5.41, 5.74) is -3.08. The van der Waals surface area contributed by atoms with E-state index in [4.69, 9.17) is 9.16 Å². The van der Waals surface area contributed by atoms with Crippen molar-refractivity contribution in [3.8, 4) is 5.75 Å². The molecule has 2 aromatic rings. The van der Waals surface area contributed by atoms with Crippen LogP contribution in [-0.2, 0) is 23.5 Å². The summed E-state index contributed by atoms with van der Waals surface area (Å²) in [5.74, 6) is -1.29. The molecule has 0 spiro atoms. The molecule has 1 heterocycles. The predicted octanol–water partition coefficient (Wildman–Crippen LogP) is 6.55. The summed E-state index contributed by atoms with van der Waals surface area (Å²) in [7, 11) is -1.25. The fraction of sp³-hybridized carbons (Fsp3) is 0.500. The zero-order valence-electron chi connectivity index (χ0n) is 23.7. The van der Waals surface area contributed by atoms with Crippen LogP contribution in [0.3, 0.4) is 0 Å². The van der Waals surface area contributed by atoms with Crippen LogP contribution < -0.4 is 9.74 Å². The number of hydrogen-bond acceptors (Lipinski definition) is 5. The number of piperazine rings is 1. The Bertz CT molecular complexity index is 1260. The number of methoxy groups -OCH3 is 1. The third-order valence-electron chi connectivity index (χ3n) is 7.57. The molecule has 1 N–H and O–H groups in total. The highest BCUT2D eigenvalue weighted by Gasteiger charge is 2.41. The standard InChI is InChI=1S/C28H34F6N2O4Si/c1-26(2,3)41(5,6)40-23-17(8-7-9-22(23)25(38)39-4)14-21-16-35-10-11-36(21)24(37)18-12-19(27(29,30)31)15-20(13-18)28(32,33)34/h7-9,12-13,15,21,35H,10-11,14,16H2,1-6H3/t21-/m1/s1. The fourth-order valence-electron chi connectivity index (χ4n) is 4.25. The lowest BCUT2D eigenvalue weighted by atomic mass is 9.98. The van der Waals surface area contributed by atoms with E-state index in [1.165, 1.54) is 12.0 Å². The Morgan fingerprint density at radius 1 is 1.00 bits per heavy atom. The number of rotatable bonds is 6. The van der Waals surface area contributed by atoms with Crippen molar-refractivity contribution in [2.45, 2.75) is 63.7 Å². The summed E-state index contributed by atoms with van der Waals surface area (Å²) in [5, 5.41) is 2.89. The molecule has 1 saturated heterocycles. The van der Waals surface area contributed by atoms with Crippen LogP contribution in [0, 0.1) is 0 Å². The van der Waals surface area contributed by atoms with Gasteiger partial charge in [0.1, 0.15) is 11.3 Å². The fourth-order valence-corrected chi connectivity index (χ4v) is 5.31. The van der Waals surface area contributed by atoms with Crippen LogP contribution in [0.4, 0.5) is 26.3 Å². The van der Waals surface area contributed by atoms with E-state index in [1.54, 1.807) is 18.2 Å². The van der Waals surface area contributed by atoms with Gasteiger partial charge in [-0.3, -0.25) is 4.79 Å². The molecule has 2 aromatic carbocycles. The molecule has 6 nitrogen and oxygen atoms in total. The minimum absolute atomic E-state index is 0.00515. The Labute approximate surface area is 236 Å². The highest BCUT2D eigenvalue weighted by Crippen LogP contribution is 2.40. The number of carbonyl (C=O) groups is 2. The summed E-state index contributed by atoms with van der Waals surface area (Å²) < 4.78 is 92.2. The van der Waals surface area contributed by atoms with Crippen LogP contribution in [-0.4, -0.2) is 57.9 Å². The van der Waals surface area contributed by atoms with Crippen molar-refractivity contribution in [2.75, 3.05) is 26.7 Å². The Balaban J connectivity index is 2.05. The van der Waals surface area contributed by atoms with Gasteiger partial charge in [0.25, 0.3) is 14.2 Å². The second kappa shape index (κ2) is 11.7. The number of amides is 1. The van der Waals surface area contributed by atoms with Gasteiger partial charge in [-0.15, -0.1) is 0 Å². The molecule has 1 aliphatic rings. The average molecular weight is 605 g/mol. The molecule has 0 bridgehead atoms. The van der Waals surface area contributed by atoms with Gasteiger partial charge in [-0.2, -0.15) is 26.3 Å². The van der Waals surface area contributed by atoms with Gasteiger partial charge in [0.05, 0.1) is 18.2 Å². The molecule has 1 aliphatic heterocycles. The first kappa shape index (κ1) is 32.5. The molecule has 0 radical (unpaired) electrons. The number of hydrogen-bond donors (Lipinski definition) is 1. The van der Waals surface area contributed by atoms with Crippen molar-refractivity contribution in [3.05, 3.63) is 64.2 Å². The molecule has 1 amide bonds. The van der Waals surface area contributed by atoms with Crippen molar-refractivity contribution in [1.82, 2.24) is 10.2 Å². The molecule has 41 heavy (non-hydrogen) atoms. The Kier molecular flexibility index (Phi) is 9.24. The van der Waals surface area contributed by atoms with Crippen molar-refractivity contribution in [1.29, 1.82) is 0 Å². The Morgan fingerprint density at radius 3 is 2.10 bits per heavy atom. The van der Waals surface area contributed by atoms with Crippen LogP contribution in [0.1, 0.15) is 58.2 Å². The zero-order valence-corrected chi connectivity index (χ0v) is 24.7. The normalized spacial score (nSPS) is 16.9. The van der Waals surface area contributed by atoms with E-state index in [2.05, 4.69) is 5.32 Å². The maximum Gasteiger partial charge on any atom is 0.416 e. The van der Waals surface area contributed by atoms with Crippen LogP contribution in [0.25, 0.3) is 0 Å². The molecule has 1 fully saturated rings. The van der Waals surface area contributed by atoms with Crippen LogP contribution >= 0.6 is 0 Å². The molecule has 226 valence electrons. The Hall–Kier alpha value is -3.06. The van der Waals surface area contributed by atoms with Gasteiger partial charge in [0.2, 0.25) is 0 Å². The van der Waals surface area contributed by atoms with Crippen LogP contribution in [0.15, 0.2) is 36.4 Å². The number of esters is 1. The molecular formula is C28H34F6N2O4Si.